The molecule has 2 N–H and O–H groups in total. The van der Waals surface area contributed by atoms with Crippen molar-refractivity contribution < 1.29 is 9.90 Å². The Bertz CT molecular complexity index is 669. The highest BCUT2D eigenvalue weighted by Gasteiger charge is 2.04. The monoisotopic (exact) mass is 288 g/mol. The zero-order valence-corrected chi connectivity index (χ0v) is 11.6. The molecular formula is C15H13ClN2O2. The number of hydrogen-bond acceptors (Lipinski definition) is 3. The molecule has 2 aromatic carbocycles. The summed E-state index contributed by atoms with van der Waals surface area (Å²) in [4.78, 5) is 11.8. The fourth-order valence-corrected chi connectivity index (χ4v) is 1.80. The number of aryl methyl sites for hydroxylation is 1. The number of hydrogen-bond donors (Lipinski definition) is 2. The highest BCUT2D eigenvalue weighted by atomic mass is 35.5. The topological polar surface area (TPSA) is 61.7 Å². The highest BCUT2D eigenvalue weighted by molar-refractivity contribution is 6.30. The van der Waals surface area contributed by atoms with E-state index in [0.717, 1.165) is 5.56 Å². The number of carbonyl (C=O) groups excluding carboxylic acids is 1. The first-order chi connectivity index (χ1) is 9.56. The molecule has 0 aliphatic heterocycles. The minimum Gasteiger partial charge on any atom is -0.507 e. The summed E-state index contributed by atoms with van der Waals surface area (Å²) in [6.45, 7) is 1.91. The summed E-state index contributed by atoms with van der Waals surface area (Å²) in [6.07, 6.45) is 1.36. The van der Waals surface area contributed by atoms with Crippen LogP contribution < -0.4 is 5.43 Å². The molecule has 0 saturated heterocycles. The van der Waals surface area contributed by atoms with E-state index in [0.29, 0.717) is 16.1 Å². The fourth-order valence-electron chi connectivity index (χ4n) is 1.64. The average Bonchev–Trinajstić information content (AvgIpc) is 2.41. The van der Waals surface area contributed by atoms with Crippen molar-refractivity contribution in [1.82, 2.24) is 5.43 Å². The normalized spacial score (nSPS) is 10.7. The number of nitrogens with one attached hydrogen (secondary N) is 1. The Kier molecular flexibility index (Phi) is 4.38. The number of phenolic OH excluding ortho intramolecular Hbond substituents is 1. The molecule has 4 nitrogen and oxygen atoms in total. The number of nitrogens with zero attached hydrogens (tertiary/aromatic N) is 1. The van der Waals surface area contributed by atoms with Crippen molar-refractivity contribution in [1.29, 1.82) is 0 Å². The van der Waals surface area contributed by atoms with Gasteiger partial charge in [0.05, 0.1) is 6.21 Å². The van der Waals surface area contributed by atoms with Gasteiger partial charge in [-0.05, 0) is 37.3 Å². The molecule has 5 heteroatoms. The minimum absolute atomic E-state index is 0.00561. The number of hydrazone groups is 1. The smallest absolute Gasteiger partial charge is 0.271 e. The van der Waals surface area contributed by atoms with Crippen molar-refractivity contribution in [3.63, 3.8) is 0 Å². The Labute approximate surface area is 121 Å². The Morgan fingerprint density at radius 1 is 1.30 bits per heavy atom. The molecule has 0 saturated carbocycles. The van der Waals surface area contributed by atoms with Crippen LogP contribution in [0, 0.1) is 6.92 Å². The van der Waals surface area contributed by atoms with Gasteiger partial charge in [-0.1, -0.05) is 29.3 Å². The molecule has 0 radical (unpaired) electrons. The fraction of sp³-hybridized carbons (Fsp3) is 0.0667. The van der Waals surface area contributed by atoms with E-state index in [-0.39, 0.29) is 11.7 Å². The van der Waals surface area contributed by atoms with E-state index in [1.54, 1.807) is 30.3 Å². The minimum atomic E-state index is -0.307. The second-order valence-corrected chi connectivity index (χ2v) is 4.71. The maximum Gasteiger partial charge on any atom is 0.271 e. The van der Waals surface area contributed by atoms with Gasteiger partial charge < -0.3 is 5.11 Å². The van der Waals surface area contributed by atoms with E-state index in [1.807, 2.05) is 13.0 Å². The van der Waals surface area contributed by atoms with Gasteiger partial charge in [-0.3, -0.25) is 4.79 Å². The molecule has 1 amide bonds. The first-order valence-electron chi connectivity index (χ1n) is 5.95. The van der Waals surface area contributed by atoms with Crippen LogP contribution in [0.3, 0.4) is 0 Å². The number of phenols is 1. The van der Waals surface area contributed by atoms with E-state index < -0.39 is 0 Å². The average molecular weight is 289 g/mol. The Morgan fingerprint density at radius 3 is 2.80 bits per heavy atom. The van der Waals surface area contributed by atoms with Crippen LogP contribution >= 0.6 is 11.6 Å². The zero-order valence-electron chi connectivity index (χ0n) is 10.8. The van der Waals surface area contributed by atoms with Crippen molar-refractivity contribution in [2.75, 3.05) is 0 Å². The van der Waals surface area contributed by atoms with Crippen molar-refractivity contribution >= 4 is 23.7 Å². The number of benzene rings is 2. The molecule has 0 aliphatic rings. The summed E-state index contributed by atoms with van der Waals surface area (Å²) in [7, 11) is 0. The van der Waals surface area contributed by atoms with E-state index in [2.05, 4.69) is 10.5 Å². The lowest BCUT2D eigenvalue weighted by Gasteiger charge is -2.01. The van der Waals surface area contributed by atoms with E-state index in [9.17, 15) is 9.90 Å². The molecule has 2 aromatic rings. The Morgan fingerprint density at radius 2 is 2.10 bits per heavy atom. The summed E-state index contributed by atoms with van der Waals surface area (Å²) in [5.41, 5.74) is 4.40. The lowest BCUT2D eigenvalue weighted by Crippen LogP contribution is -2.17. The van der Waals surface area contributed by atoms with Gasteiger partial charge in [0.1, 0.15) is 5.75 Å². The van der Waals surface area contributed by atoms with Crippen LogP contribution in [0.15, 0.2) is 47.6 Å². The Balaban J connectivity index is 2.04. The summed E-state index contributed by atoms with van der Waals surface area (Å²) < 4.78 is 0. The molecule has 0 fully saturated rings. The largest absolute Gasteiger partial charge is 0.507 e. The zero-order chi connectivity index (χ0) is 14.5. The predicted octanol–water partition coefficient (Wildman–Crippen LogP) is 3.12. The SMILES string of the molecule is Cc1cccc(C(=O)N/N=C/c2ccc(Cl)cc2O)c1. The van der Waals surface area contributed by atoms with Crippen LogP contribution in [0.5, 0.6) is 5.75 Å². The van der Waals surface area contributed by atoms with Crippen LogP contribution in [-0.2, 0) is 0 Å². The van der Waals surface area contributed by atoms with Crippen molar-refractivity contribution in [3.05, 3.63) is 64.2 Å². The quantitative estimate of drug-likeness (QED) is 0.673. The number of amides is 1. The van der Waals surface area contributed by atoms with Gasteiger partial charge in [0.15, 0.2) is 0 Å². The van der Waals surface area contributed by atoms with Crippen molar-refractivity contribution in [3.8, 4) is 5.75 Å². The summed E-state index contributed by atoms with van der Waals surface area (Å²) in [5, 5.41) is 13.9. The molecule has 0 atom stereocenters. The maximum absolute atomic E-state index is 11.8. The molecule has 0 aromatic heterocycles. The predicted molar refractivity (Wildman–Crippen MR) is 79.4 cm³/mol. The van der Waals surface area contributed by atoms with Gasteiger partial charge in [0.2, 0.25) is 0 Å². The second kappa shape index (κ2) is 6.21. The third-order valence-corrected chi connectivity index (χ3v) is 2.88. The van der Waals surface area contributed by atoms with Crippen LogP contribution in [-0.4, -0.2) is 17.2 Å². The third-order valence-electron chi connectivity index (χ3n) is 2.64. The summed E-state index contributed by atoms with van der Waals surface area (Å²) in [5.74, 6) is -0.301. The first kappa shape index (κ1) is 14.1. The summed E-state index contributed by atoms with van der Waals surface area (Å²) >= 11 is 5.72. The number of carbonyl (C=O) groups is 1. The molecular weight excluding hydrogens is 276 g/mol. The Hall–Kier alpha value is -2.33. The van der Waals surface area contributed by atoms with Crippen molar-refractivity contribution in [2.45, 2.75) is 6.92 Å². The van der Waals surface area contributed by atoms with Gasteiger partial charge >= 0.3 is 0 Å². The van der Waals surface area contributed by atoms with E-state index >= 15 is 0 Å². The molecule has 2 rings (SSSR count). The van der Waals surface area contributed by atoms with E-state index in [4.69, 9.17) is 11.6 Å². The van der Waals surface area contributed by atoms with Crippen LogP contribution in [0.4, 0.5) is 0 Å². The van der Waals surface area contributed by atoms with Gasteiger partial charge in [-0.15, -0.1) is 0 Å². The summed E-state index contributed by atoms with van der Waals surface area (Å²) in [6, 6.07) is 11.8. The van der Waals surface area contributed by atoms with Crippen LogP contribution in [0.1, 0.15) is 21.5 Å². The van der Waals surface area contributed by atoms with Crippen LogP contribution in [0.25, 0.3) is 0 Å². The molecule has 0 unspecified atom stereocenters. The lowest BCUT2D eigenvalue weighted by molar-refractivity contribution is 0.0955. The molecule has 0 heterocycles. The second-order valence-electron chi connectivity index (χ2n) is 4.27. The number of halogens is 1. The first-order valence-corrected chi connectivity index (χ1v) is 6.32. The molecule has 0 bridgehead atoms. The van der Waals surface area contributed by atoms with Gasteiger partial charge in [-0.2, -0.15) is 5.10 Å². The van der Waals surface area contributed by atoms with Gasteiger partial charge in [-0.25, -0.2) is 5.43 Å². The molecule has 0 spiro atoms. The number of rotatable bonds is 3. The van der Waals surface area contributed by atoms with Crippen LogP contribution in [0.2, 0.25) is 5.02 Å². The molecule has 20 heavy (non-hydrogen) atoms. The van der Waals surface area contributed by atoms with E-state index in [1.165, 1.54) is 12.3 Å². The molecule has 0 aliphatic carbocycles. The van der Waals surface area contributed by atoms with Crippen molar-refractivity contribution in [2.24, 2.45) is 5.10 Å². The van der Waals surface area contributed by atoms with Gasteiger partial charge in [0, 0.05) is 16.1 Å². The van der Waals surface area contributed by atoms with Gasteiger partial charge in [0.25, 0.3) is 5.91 Å². The molecule has 102 valence electrons. The standard InChI is InChI=1S/C15H13ClN2O2/c1-10-3-2-4-11(7-10)15(20)18-17-9-12-5-6-13(16)8-14(12)19/h2-9,19H,1H3,(H,18,20)/b17-9+. The third kappa shape index (κ3) is 3.59. The highest BCUT2D eigenvalue weighted by Crippen LogP contribution is 2.20. The number of aromatic hydroxyl groups is 1. The lowest BCUT2D eigenvalue weighted by atomic mass is 10.1. The maximum atomic E-state index is 11.8.